The van der Waals surface area contributed by atoms with Gasteiger partial charge in [0.15, 0.2) is 0 Å². The van der Waals surface area contributed by atoms with Crippen molar-refractivity contribution in [3.05, 3.63) is 63.5 Å². The normalized spacial score (nSPS) is 12.7. The smallest absolute Gasteiger partial charge is 0.111 e. The first-order valence-electron chi connectivity index (χ1n) is 7.02. The Morgan fingerprint density at radius 1 is 1.14 bits per heavy atom. The van der Waals surface area contributed by atoms with Crippen LogP contribution in [0.15, 0.2) is 48.5 Å². The van der Waals surface area contributed by atoms with Gasteiger partial charge in [-0.3, -0.25) is 0 Å². The Morgan fingerprint density at radius 3 is 2.57 bits per heavy atom. The van der Waals surface area contributed by atoms with E-state index in [0.717, 1.165) is 17.8 Å². The average molecular weight is 391 g/mol. The molecule has 0 aliphatic rings. The summed E-state index contributed by atoms with van der Waals surface area (Å²) in [6, 6.07) is 17.1. The summed E-state index contributed by atoms with van der Waals surface area (Å²) in [6.07, 6.45) is 0.877. The molecule has 0 fully saturated rings. The molecule has 0 bridgehead atoms. The van der Waals surface area contributed by atoms with Crippen molar-refractivity contribution in [1.29, 1.82) is 0 Å². The molecule has 1 unspecified atom stereocenters. The highest BCUT2D eigenvalue weighted by Gasteiger charge is 2.16. The highest BCUT2D eigenvalue weighted by atomic mass is 127. The van der Waals surface area contributed by atoms with Gasteiger partial charge in [0.1, 0.15) is 5.82 Å². The molecule has 21 heavy (non-hydrogen) atoms. The van der Waals surface area contributed by atoms with Crippen LogP contribution in [0.5, 0.6) is 0 Å². The first-order chi connectivity index (χ1) is 10.2. The highest BCUT2D eigenvalue weighted by molar-refractivity contribution is 14.1. The Labute approximate surface area is 138 Å². The summed E-state index contributed by atoms with van der Waals surface area (Å²) in [5, 5.41) is 3.42. The first-order valence-corrected chi connectivity index (χ1v) is 8.10. The molecule has 3 rings (SSSR count). The van der Waals surface area contributed by atoms with Crippen LogP contribution in [0.25, 0.3) is 11.0 Å². The summed E-state index contributed by atoms with van der Waals surface area (Å²) >= 11 is 2.40. The van der Waals surface area contributed by atoms with Crippen molar-refractivity contribution in [2.45, 2.75) is 12.5 Å². The van der Waals surface area contributed by atoms with Gasteiger partial charge in [-0.05, 0) is 53.4 Å². The van der Waals surface area contributed by atoms with Crippen LogP contribution in [-0.2, 0) is 13.5 Å². The molecule has 0 saturated carbocycles. The Morgan fingerprint density at radius 2 is 1.86 bits per heavy atom. The average Bonchev–Trinajstić information content (AvgIpc) is 2.82. The van der Waals surface area contributed by atoms with E-state index in [1.807, 2.05) is 13.1 Å². The van der Waals surface area contributed by atoms with Crippen LogP contribution in [0.1, 0.15) is 17.4 Å². The van der Waals surface area contributed by atoms with Crippen LogP contribution < -0.4 is 5.32 Å². The number of hydrogen-bond donors (Lipinski definition) is 1. The molecular formula is C17H18IN3. The Kier molecular flexibility index (Phi) is 4.26. The molecule has 3 aromatic rings. The molecule has 1 atom stereocenters. The lowest BCUT2D eigenvalue weighted by molar-refractivity contribution is 0.563. The van der Waals surface area contributed by atoms with Crippen molar-refractivity contribution < 1.29 is 0 Å². The lowest BCUT2D eigenvalue weighted by Gasteiger charge is -2.18. The largest absolute Gasteiger partial charge is 0.331 e. The number of fused-ring (bicyclic) bond motifs is 1. The van der Waals surface area contributed by atoms with Crippen molar-refractivity contribution in [2.75, 3.05) is 7.05 Å². The van der Waals surface area contributed by atoms with Crippen LogP contribution >= 0.6 is 22.6 Å². The molecule has 0 radical (unpaired) electrons. The molecule has 0 spiro atoms. The van der Waals surface area contributed by atoms with Gasteiger partial charge >= 0.3 is 0 Å². The van der Waals surface area contributed by atoms with Crippen molar-refractivity contribution in [3.63, 3.8) is 0 Å². The number of benzene rings is 2. The number of imidazole rings is 1. The number of halogens is 1. The molecule has 0 amide bonds. The van der Waals surface area contributed by atoms with E-state index in [1.165, 1.54) is 14.7 Å². The number of para-hydroxylation sites is 2. The van der Waals surface area contributed by atoms with Gasteiger partial charge in [0.25, 0.3) is 0 Å². The molecule has 1 N–H and O–H groups in total. The molecule has 4 heteroatoms. The van der Waals surface area contributed by atoms with Crippen LogP contribution in [0.2, 0.25) is 0 Å². The predicted octanol–water partition coefficient (Wildman–Crippen LogP) is 3.68. The van der Waals surface area contributed by atoms with E-state index in [2.05, 4.69) is 82.0 Å². The summed E-state index contributed by atoms with van der Waals surface area (Å²) in [4.78, 5) is 4.78. The third-order valence-electron chi connectivity index (χ3n) is 3.90. The maximum atomic E-state index is 4.78. The Bertz CT molecular complexity index is 764. The second-order valence-corrected chi connectivity index (χ2v) is 6.30. The molecule has 3 nitrogen and oxygen atoms in total. The number of nitrogens with zero attached hydrogens (tertiary/aromatic N) is 2. The number of aromatic nitrogens is 2. The maximum Gasteiger partial charge on any atom is 0.111 e. The number of aryl methyl sites for hydroxylation is 1. The molecule has 2 aromatic carbocycles. The SMILES string of the molecule is CNC(Cc1nc2ccccc2n1C)c1ccccc1I. The topological polar surface area (TPSA) is 29.9 Å². The van der Waals surface area contributed by atoms with Crippen molar-refractivity contribution in [2.24, 2.45) is 7.05 Å². The third kappa shape index (κ3) is 2.82. The summed E-state index contributed by atoms with van der Waals surface area (Å²) in [5.41, 5.74) is 3.57. The lowest BCUT2D eigenvalue weighted by Crippen LogP contribution is -2.21. The van der Waals surface area contributed by atoms with Gasteiger partial charge in [-0.2, -0.15) is 0 Å². The van der Waals surface area contributed by atoms with E-state index in [0.29, 0.717) is 0 Å². The lowest BCUT2D eigenvalue weighted by atomic mass is 10.0. The van der Waals surface area contributed by atoms with Crippen molar-refractivity contribution in [1.82, 2.24) is 14.9 Å². The molecule has 0 saturated heterocycles. The second-order valence-electron chi connectivity index (χ2n) is 5.14. The van der Waals surface area contributed by atoms with Crippen LogP contribution in [-0.4, -0.2) is 16.6 Å². The molecule has 0 aliphatic heterocycles. The summed E-state index contributed by atoms with van der Waals surface area (Å²) in [7, 11) is 4.10. The van der Waals surface area contributed by atoms with E-state index in [9.17, 15) is 0 Å². The second kappa shape index (κ2) is 6.15. The van der Waals surface area contributed by atoms with Crippen LogP contribution in [0.4, 0.5) is 0 Å². The molecular weight excluding hydrogens is 373 g/mol. The number of nitrogens with one attached hydrogen (secondary N) is 1. The first kappa shape index (κ1) is 14.5. The fourth-order valence-corrected chi connectivity index (χ4v) is 3.45. The summed E-state index contributed by atoms with van der Waals surface area (Å²) in [6.45, 7) is 0. The zero-order valence-electron chi connectivity index (χ0n) is 12.2. The third-order valence-corrected chi connectivity index (χ3v) is 4.88. The van der Waals surface area contributed by atoms with Gasteiger partial charge in [-0.1, -0.05) is 30.3 Å². The summed E-state index contributed by atoms with van der Waals surface area (Å²) in [5.74, 6) is 1.11. The minimum Gasteiger partial charge on any atom is -0.331 e. The van der Waals surface area contributed by atoms with E-state index in [1.54, 1.807) is 0 Å². The maximum absolute atomic E-state index is 4.78. The minimum absolute atomic E-state index is 0.272. The number of hydrogen-bond acceptors (Lipinski definition) is 2. The fraction of sp³-hybridized carbons (Fsp3) is 0.235. The molecule has 0 aliphatic carbocycles. The summed E-state index contributed by atoms with van der Waals surface area (Å²) < 4.78 is 3.48. The van der Waals surface area contributed by atoms with Crippen molar-refractivity contribution >= 4 is 33.6 Å². The number of likely N-dealkylation sites (N-methyl/N-ethyl adjacent to an activating group) is 1. The zero-order valence-corrected chi connectivity index (χ0v) is 14.3. The molecule has 1 aromatic heterocycles. The van der Waals surface area contributed by atoms with Gasteiger partial charge in [-0.15, -0.1) is 0 Å². The fourth-order valence-electron chi connectivity index (χ4n) is 2.69. The van der Waals surface area contributed by atoms with E-state index in [4.69, 9.17) is 4.98 Å². The van der Waals surface area contributed by atoms with Gasteiger partial charge in [0.2, 0.25) is 0 Å². The van der Waals surface area contributed by atoms with Crippen LogP contribution in [0.3, 0.4) is 0 Å². The predicted molar refractivity (Wildman–Crippen MR) is 95.4 cm³/mol. The van der Waals surface area contributed by atoms with E-state index in [-0.39, 0.29) is 6.04 Å². The van der Waals surface area contributed by atoms with E-state index < -0.39 is 0 Å². The monoisotopic (exact) mass is 391 g/mol. The minimum atomic E-state index is 0.272. The highest BCUT2D eigenvalue weighted by Crippen LogP contribution is 2.24. The Balaban J connectivity index is 1.96. The van der Waals surface area contributed by atoms with E-state index >= 15 is 0 Å². The molecule has 108 valence electrons. The van der Waals surface area contributed by atoms with Gasteiger partial charge < -0.3 is 9.88 Å². The Hall–Kier alpha value is -1.40. The van der Waals surface area contributed by atoms with Gasteiger partial charge in [0.05, 0.1) is 11.0 Å². The standard InChI is InChI=1S/C17H18IN3/c1-19-15(12-7-3-4-8-13(12)18)11-17-20-14-9-5-6-10-16(14)21(17)2/h3-10,15,19H,11H2,1-2H3. The molecule has 1 heterocycles. The van der Waals surface area contributed by atoms with Crippen molar-refractivity contribution in [3.8, 4) is 0 Å². The number of rotatable bonds is 4. The van der Waals surface area contributed by atoms with Crippen LogP contribution in [0, 0.1) is 3.57 Å². The van der Waals surface area contributed by atoms with Gasteiger partial charge in [0, 0.05) is 23.1 Å². The quantitative estimate of drug-likeness (QED) is 0.688. The zero-order chi connectivity index (χ0) is 14.8. The van der Waals surface area contributed by atoms with Gasteiger partial charge in [-0.25, -0.2) is 4.98 Å².